The lowest BCUT2D eigenvalue weighted by atomic mass is 9.71. The largest absolute Gasteiger partial charge is 0.496 e. The van der Waals surface area contributed by atoms with Crippen LogP contribution in [0.3, 0.4) is 0 Å². The summed E-state index contributed by atoms with van der Waals surface area (Å²) in [6, 6.07) is 19.3. The average Bonchev–Trinajstić information content (AvgIpc) is 3.86. The van der Waals surface area contributed by atoms with Crippen LogP contribution in [0.1, 0.15) is 60.5 Å². The van der Waals surface area contributed by atoms with E-state index in [0.717, 1.165) is 116 Å². The minimum atomic E-state index is 0.0678. The molecule has 2 spiro atoms. The second-order valence-corrected chi connectivity index (χ2v) is 17.7. The van der Waals surface area contributed by atoms with Crippen LogP contribution in [-0.4, -0.2) is 91.5 Å². The molecule has 4 saturated heterocycles. The number of hydrogen-bond acceptors (Lipinski definition) is 7. The SMILES string of the molecule is COc1cc(-c2cccc(-c3cccc(-c4cc5c(c(OC)n4)C(N4CC6(CNC(=O)C6)C4)CC5)c3Cl)c2Cl)cc2c1C(N1CC3(CN(C(C)=O)C3)C1)CC2. The van der Waals surface area contributed by atoms with Crippen molar-refractivity contribution in [3.05, 3.63) is 86.9 Å². The summed E-state index contributed by atoms with van der Waals surface area (Å²) in [4.78, 5) is 35.8. The van der Waals surface area contributed by atoms with Crippen LogP contribution in [0.5, 0.6) is 11.6 Å². The Morgan fingerprint density at radius 1 is 0.782 bits per heavy atom. The van der Waals surface area contributed by atoms with Crippen LogP contribution >= 0.6 is 23.2 Å². The maximum Gasteiger partial charge on any atom is 0.220 e. The number of carbonyl (C=O) groups is 2. The first-order chi connectivity index (χ1) is 26.6. The monoisotopic (exact) mass is 777 g/mol. The quantitative estimate of drug-likeness (QED) is 0.210. The summed E-state index contributed by atoms with van der Waals surface area (Å²) in [5.74, 6) is 1.87. The number of carbonyl (C=O) groups excluding carboxylic acids is 2. The van der Waals surface area contributed by atoms with Crippen molar-refractivity contribution >= 4 is 35.0 Å². The van der Waals surface area contributed by atoms with Gasteiger partial charge in [0.25, 0.3) is 0 Å². The van der Waals surface area contributed by atoms with E-state index in [0.29, 0.717) is 28.4 Å². The van der Waals surface area contributed by atoms with Crippen molar-refractivity contribution in [2.24, 2.45) is 10.8 Å². The number of amides is 2. The number of aromatic nitrogens is 1. The predicted molar refractivity (Wildman–Crippen MR) is 214 cm³/mol. The van der Waals surface area contributed by atoms with Crippen LogP contribution < -0.4 is 14.8 Å². The lowest BCUT2D eigenvalue weighted by Gasteiger charge is -2.61. The highest BCUT2D eigenvalue weighted by Crippen LogP contribution is 2.52. The molecule has 284 valence electrons. The molecule has 55 heavy (non-hydrogen) atoms. The highest BCUT2D eigenvalue weighted by atomic mass is 35.5. The Morgan fingerprint density at radius 3 is 2.00 bits per heavy atom. The Kier molecular flexibility index (Phi) is 8.31. The number of ether oxygens (including phenoxy) is 2. The molecule has 2 amide bonds. The third kappa shape index (κ3) is 5.59. The molecule has 3 aromatic carbocycles. The van der Waals surface area contributed by atoms with Gasteiger partial charge in [0.2, 0.25) is 17.7 Å². The highest BCUT2D eigenvalue weighted by molar-refractivity contribution is 6.39. The van der Waals surface area contributed by atoms with E-state index < -0.39 is 0 Å². The summed E-state index contributed by atoms with van der Waals surface area (Å²) >= 11 is 14.6. The van der Waals surface area contributed by atoms with Crippen molar-refractivity contribution in [3.63, 3.8) is 0 Å². The van der Waals surface area contributed by atoms with E-state index in [2.05, 4.69) is 39.4 Å². The lowest BCUT2D eigenvalue weighted by molar-refractivity contribution is -0.161. The van der Waals surface area contributed by atoms with Gasteiger partial charge in [-0.25, -0.2) is 4.98 Å². The molecule has 1 N–H and O–H groups in total. The van der Waals surface area contributed by atoms with E-state index in [-0.39, 0.29) is 28.7 Å². The zero-order valence-corrected chi connectivity index (χ0v) is 33.0. The second kappa shape index (κ2) is 12.9. The van der Waals surface area contributed by atoms with Crippen LogP contribution in [-0.2, 0) is 22.4 Å². The summed E-state index contributed by atoms with van der Waals surface area (Å²) in [7, 11) is 3.45. The number of hydrogen-bond donors (Lipinski definition) is 1. The van der Waals surface area contributed by atoms with E-state index in [1.165, 1.54) is 16.7 Å². The fraction of sp³-hybridized carbons (Fsp3) is 0.432. The van der Waals surface area contributed by atoms with Gasteiger partial charge in [-0.15, -0.1) is 0 Å². The number of halogens is 2. The van der Waals surface area contributed by atoms with Gasteiger partial charge in [-0.3, -0.25) is 19.4 Å². The molecule has 2 unspecified atom stereocenters. The molecule has 0 bridgehead atoms. The van der Waals surface area contributed by atoms with Crippen molar-refractivity contribution in [2.45, 2.75) is 51.1 Å². The molecular weight excluding hydrogens is 733 g/mol. The van der Waals surface area contributed by atoms with E-state index in [1.54, 1.807) is 21.1 Å². The molecule has 11 heteroatoms. The van der Waals surface area contributed by atoms with Crippen molar-refractivity contribution in [3.8, 4) is 45.1 Å². The van der Waals surface area contributed by atoms with E-state index >= 15 is 0 Å². The number of likely N-dealkylation sites (tertiary alicyclic amines) is 3. The van der Waals surface area contributed by atoms with Crippen molar-refractivity contribution in [2.75, 3.05) is 60.0 Å². The van der Waals surface area contributed by atoms with Crippen molar-refractivity contribution in [1.82, 2.24) is 25.0 Å². The van der Waals surface area contributed by atoms with Crippen LogP contribution in [0.2, 0.25) is 10.0 Å². The maximum absolute atomic E-state index is 11.9. The van der Waals surface area contributed by atoms with Gasteiger partial charge in [-0.2, -0.15) is 0 Å². The number of aryl methyl sites for hydroxylation is 2. The molecule has 10 rings (SSSR count). The molecule has 4 aromatic rings. The first-order valence-electron chi connectivity index (χ1n) is 19.5. The smallest absolute Gasteiger partial charge is 0.220 e. The van der Waals surface area contributed by atoms with Gasteiger partial charge in [-0.1, -0.05) is 65.7 Å². The third-order valence-corrected chi connectivity index (χ3v) is 14.2. The third-order valence-electron chi connectivity index (χ3n) is 13.4. The Balaban J connectivity index is 0.923. The standard InChI is InChI=1S/C44H45Cl2N5O4/c1-25(52)49-21-44(22-49)23-51(24-44)34-12-10-26-14-28(16-36(54-2)38(26)34)29-6-4-7-30(40(29)45)31-8-5-9-32(41(31)46)33-15-27-11-13-35(39(27)42(48-33)55-3)50-19-43(20-50)17-37(53)47-18-43/h4-9,14-16,34-35H,10-13,17-24H2,1-3H3,(H,47,53). The summed E-state index contributed by atoms with van der Waals surface area (Å²) in [6.07, 6.45) is 4.58. The summed E-state index contributed by atoms with van der Waals surface area (Å²) in [6.45, 7) is 8.05. The number of pyridine rings is 1. The lowest BCUT2D eigenvalue weighted by Crippen LogP contribution is -2.72. The highest BCUT2D eigenvalue weighted by Gasteiger charge is 2.55. The average molecular weight is 779 g/mol. The molecule has 2 aliphatic carbocycles. The molecule has 2 atom stereocenters. The molecule has 5 heterocycles. The number of nitrogens with one attached hydrogen (secondary N) is 1. The number of methoxy groups -OCH3 is 2. The molecule has 1 aromatic heterocycles. The van der Waals surface area contributed by atoms with E-state index in [4.69, 9.17) is 37.7 Å². The van der Waals surface area contributed by atoms with Crippen LogP contribution in [0.25, 0.3) is 33.5 Å². The molecular formula is C44H45Cl2N5O4. The van der Waals surface area contributed by atoms with Crippen molar-refractivity contribution in [1.29, 1.82) is 0 Å². The van der Waals surface area contributed by atoms with Gasteiger partial charge >= 0.3 is 0 Å². The first-order valence-corrected chi connectivity index (χ1v) is 20.2. The van der Waals surface area contributed by atoms with E-state index in [1.807, 2.05) is 35.2 Å². The fourth-order valence-electron chi connectivity index (χ4n) is 10.8. The summed E-state index contributed by atoms with van der Waals surface area (Å²) < 4.78 is 12.0. The summed E-state index contributed by atoms with van der Waals surface area (Å²) in [5, 5.41) is 4.25. The van der Waals surface area contributed by atoms with Gasteiger partial charge in [0.15, 0.2) is 0 Å². The Morgan fingerprint density at radius 2 is 1.38 bits per heavy atom. The van der Waals surface area contributed by atoms with Crippen LogP contribution in [0.4, 0.5) is 0 Å². The zero-order chi connectivity index (χ0) is 37.8. The van der Waals surface area contributed by atoms with Gasteiger partial charge in [0.1, 0.15) is 5.75 Å². The predicted octanol–water partition coefficient (Wildman–Crippen LogP) is 7.37. The summed E-state index contributed by atoms with van der Waals surface area (Å²) in [5.41, 5.74) is 10.6. The molecule has 0 radical (unpaired) electrons. The topological polar surface area (TPSA) is 87.2 Å². The number of benzene rings is 3. The van der Waals surface area contributed by atoms with Gasteiger partial charge < -0.3 is 19.7 Å². The van der Waals surface area contributed by atoms with Crippen LogP contribution in [0.15, 0.2) is 54.6 Å². The first kappa shape index (κ1) is 35.3. The second-order valence-electron chi connectivity index (χ2n) is 16.9. The molecule has 6 aliphatic rings. The van der Waals surface area contributed by atoms with Crippen molar-refractivity contribution < 1.29 is 19.1 Å². The van der Waals surface area contributed by atoms with Crippen LogP contribution in [0, 0.1) is 10.8 Å². The Hall–Kier alpha value is -4.15. The minimum absolute atomic E-state index is 0.0678. The number of rotatable bonds is 7. The Labute approximate surface area is 331 Å². The van der Waals surface area contributed by atoms with Gasteiger partial charge in [0, 0.05) is 115 Å². The van der Waals surface area contributed by atoms with Gasteiger partial charge in [-0.05, 0) is 54.5 Å². The molecule has 0 saturated carbocycles. The molecule has 4 aliphatic heterocycles. The fourth-order valence-corrected chi connectivity index (χ4v) is 11.4. The maximum atomic E-state index is 11.9. The number of fused-ring (bicyclic) bond motifs is 2. The van der Waals surface area contributed by atoms with E-state index in [9.17, 15) is 9.59 Å². The Bertz CT molecular complexity index is 2270. The van der Waals surface area contributed by atoms with Gasteiger partial charge in [0.05, 0.1) is 30.0 Å². The number of nitrogens with zero attached hydrogens (tertiary/aromatic N) is 4. The zero-order valence-electron chi connectivity index (χ0n) is 31.5. The molecule has 9 nitrogen and oxygen atoms in total. The minimum Gasteiger partial charge on any atom is -0.496 e. The molecule has 4 fully saturated rings. The normalized spacial score (nSPS) is 23.2.